The number of aromatic nitrogens is 2. The fourth-order valence-corrected chi connectivity index (χ4v) is 0.636. The van der Waals surface area contributed by atoms with E-state index in [1.165, 1.54) is 0 Å². The smallest absolute Gasteiger partial charge is 0.270 e. The first-order chi connectivity index (χ1) is 4.22. The monoisotopic (exact) mass is 130 g/mol. The van der Waals surface area contributed by atoms with Crippen LogP contribution in [0.2, 0.25) is 0 Å². The fraction of sp³-hybridized carbons (Fsp3) is 0. The van der Waals surface area contributed by atoms with E-state index < -0.39 is 5.91 Å². The number of amides is 1. The van der Waals surface area contributed by atoms with Crippen LogP contribution in [0.3, 0.4) is 0 Å². The van der Waals surface area contributed by atoms with Crippen molar-refractivity contribution in [3.05, 3.63) is 11.1 Å². The maximum Gasteiger partial charge on any atom is 0.270 e. The summed E-state index contributed by atoms with van der Waals surface area (Å²) < 4.78 is 10.3. The number of carbonyl (C=O) groups is 1. The van der Waals surface area contributed by atoms with Gasteiger partial charge in [-0.3, -0.25) is 4.79 Å². The molecule has 0 spiro atoms. The van der Waals surface area contributed by atoms with Crippen LogP contribution in [-0.4, -0.2) is 15.5 Å². The summed E-state index contributed by atoms with van der Waals surface area (Å²) in [5, 5.41) is 3.34. The van der Waals surface area contributed by atoms with E-state index in [1.807, 2.05) is 0 Å². The Kier molecular flexibility index (Phi) is 0.927. The van der Waals surface area contributed by atoms with E-state index in [1.54, 1.807) is 0 Å². The molecule has 0 aromatic carbocycles. The SMILES string of the molecule is [2H]c1snnc1C(N)=O. The molecule has 4 nitrogen and oxygen atoms in total. The lowest BCUT2D eigenvalue weighted by molar-refractivity contribution is 0.0995. The lowest BCUT2D eigenvalue weighted by Gasteiger charge is -1.77. The van der Waals surface area contributed by atoms with Gasteiger partial charge in [-0.2, -0.15) is 0 Å². The number of nitrogens with two attached hydrogens (primary N) is 1. The van der Waals surface area contributed by atoms with E-state index in [4.69, 9.17) is 7.10 Å². The minimum Gasteiger partial charge on any atom is -0.364 e. The molecule has 1 heterocycles. The fourth-order valence-electron chi connectivity index (χ4n) is 0.245. The standard InChI is InChI=1S/C3H3N3OS/c4-3(7)2-1-8-6-5-2/h1H,(H2,4,7)/i1D. The summed E-state index contributed by atoms with van der Waals surface area (Å²) in [6.07, 6.45) is 0. The Bertz CT molecular complexity index is 235. The van der Waals surface area contributed by atoms with Crippen molar-refractivity contribution in [1.29, 1.82) is 0 Å². The predicted octanol–water partition coefficient (Wildman–Crippen LogP) is -0.363. The minimum absolute atomic E-state index is 0.0162. The van der Waals surface area contributed by atoms with Crippen molar-refractivity contribution in [2.45, 2.75) is 0 Å². The molecule has 8 heavy (non-hydrogen) atoms. The highest BCUT2D eigenvalue weighted by Crippen LogP contribution is 1.93. The van der Waals surface area contributed by atoms with E-state index in [-0.39, 0.29) is 11.1 Å². The first-order valence-corrected chi connectivity index (χ1v) is 2.58. The summed E-state index contributed by atoms with van der Waals surface area (Å²) in [5.74, 6) is -0.700. The molecule has 2 N–H and O–H groups in total. The van der Waals surface area contributed by atoms with Gasteiger partial charge in [0.05, 0.1) is 1.37 Å². The second-order valence-electron chi connectivity index (χ2n) is 1.09. The van der Waals surface area contributed by atoms with Crippen LogP contribution in [0, 0.1) is 0 Å². The van der Waals surface area contributed by atoms with Crippen molar-refractivity contribution in [2.75, 3.05) is 0 Å². The topological polar surface area (TPSA) is 68.9 Å². The van der Waals surface area contributed by atoms with Crippen LogP contribution in [-0.2, 0) is 0 Å². The molecule has 0 aliphatic carbocycles. The van der Waals surface area contributed by atoms with Gasteiger partial charge in [0.25, 0.3) is 5.91 Å². The normalized spacial score (nSPS) is 10.8. The zero-order valence-corrected chi connectivity index (χ0v) is 4.60. The van der Waals surface area contributed by atoms with Gasteiger partial charge in [0.15, 0.2) is 5.69 Å². The average Bonchev–Trinajstić information content (AvgIpc) is 2.13. The van der Waals surface area contributed by atoms with Gasteiger partial charge < -0.3 is 5.73 Å². The van der Waals surface area contributed by atoms with Crippen molar-refractivity contribution >= 4 is 17.4 Å². The Morgan fingerprint density at radius 3 is 3.12 bits per heavy atom. The molecular weight excluding hydrogens is 126 g/mol. The van der Waals surface area contributed by atoms with E-state index >= 15 is 0 Å². The first kappa shape index (κ1) is 3.96. The second kappa shape index (κ2) is 1.87. The summed E-state index contributed by atoms with van der Waals surface area (Å²) in [6.45, 7) is 0. The highest BCUT2D eigenvalue weighted by molar-refractivity contribution is 7.03. The number of rotatable bonds is 1. The molecule has 0 aliphatic heterocycles. The average molecular weight is 130 g/mol. The zero-order chi connectivity index (χ0) is 6.85. The molecule has 1 aromatic heterocycles. The van der Waals surface area contributed by atoms with Crippen molar-refractivity contribution in [2.24, 2.45) is 5.73 Å². The number of hydrogen-bond donors (Lipinski definition) is 1. The van der Waals surface area contributed by atoms with Crippen LogP contribution in [0.4, 0.5) is 0 Å². The van der Waals surface area contributed by atoms with E-state index in [2.05, 4.69) is 9.59 Å². The number of primary amides is 1. The van der Waals surface area contributed by atoms with Gasteiger partial charge in [-0.15, -0.1) is 5.10 Å². The summed E-state index contributed by atoms with van der Waals surface area (Å²) in [6, 6.07) is 0. The highest BCUT2D eigenvalue weighted by Gasteiger charge is 1.99. The van der Waals surface area contributed by atoms with Gasteiger partial charge in [0, 0.05) is 5.36 Å². The van der Waals surface area contributed by atoms with Gasteiger partial charge in [0.2, 0.25) is 0 Å². The second-order valence-corrected chi connectivity index (χ2v) is 1.64. The molecule has 0 atom stereocenters. The van der Waals surface area contributed by atoms with Gasteiger partial charge in [0.1, 0.15) is 0 Å². The summed E-state index contributed by atoms with van der Waals surface area (Å²) in [7, 11) is 0. The molecule has 0 bridgehead atoms. The molecule has 1 amide bonds. The van der Waals surface area contributed by atoms with Crippen molar-refractivity contribution in [3.63, 3.8) is 0 Å². The lowest BCUT2D eigenvalue weighted by atomic mass is 10.5. The third-order valence-electron chi connectivity index (χ3n) is 0.557. The molecule has 1 aromatic rings. The lowest BCUT2D eigenvalue weighted by Crippen LogP contribution is -2.10. The molecule has 42 valence electrons. The Balaban J connectivity index is 3.08. The van der Waals surface area contributed by atoms with Crippen LogP contribution >= 0.6 is 11.5 Å². The van der Waals surface area contributed by atoms with E-state index in [0.717, 1.165) is 11.5 Å². The number of carbonyl (C=O) groups excluding carboxylic acids is 1. The largest absolute Gasteiger partial charge is 0.364 e. The van der Waals surface area contributed by atoms with Gasteiger partial charge in [-0.25, -0.2) is 0 Å². The summed E-state index contributed by atoms with van der Waals surface area (Å²) in [5.41, 5.74) is 4.75. The van der Waals surface area contributed by atoms with Gasteiger partial charge >= 0.3 is 0 Å². The zero-order valence-electron chi connectivity index (χ0n) is 4.79. The van der Waals surface area contributed by atoms with E-state index in [9.17, 15) is 4.79 Å². The molecule has 0 saturated carbocycles. The van der Waals surface area contributed by atoms with Crippen molar-refractivity contribution < 1.29 is 6.17 Å². The molecule has 5 heteroatoms. The Morgan fingerprint density at radius 2 is 2.88 bits per heavy atom. The molecular formula is C3H3N3OS. The minimum atomic E-state index is -0.700. The van der Waals surface area contributed by atoms with Crippen LogP contribution in [0.25, 0.3) is 0 Å². The number of hydrogen-bond acceptors (Lipinski definition) is 4. The Hall–Kier alpha value is -0.970. The molecule has 0 unspecified atom stereocenters. The van der Waals surface area contributed by atoms with Gasteiger partial charge in [-0.1, -0.05) is 4.49 Å². The molecule has 0 radical (unpaired) electrons. The molecule has 1 rings (SSSR count). The quantitative estimate of drug-likeness (QED) is 0.564. The van der Waals surface area contributed by atoms with Crippen LogP contribution in [0.1, 0.15) is 11.9 Å². The summed E-state index contributed by atoms with van der Waals surface area (Å²) >= 11 is 0.837. The third-order valence-corrected chi connectivity index (χ3v) is 1.01. The van der Waals surface area contributed by atoms with Crippen LogP contribution in [0.15, 0.2) is 5.36 Å². The summed E-state index contributed by atoms with van der Waals surface area (Å²) in [4.78, 5) is 10.3. The molecule has 0 aliphatic rings. The van der Waals surface area contributed by atoms with Crippen molar-refractivity contribution in [3.8, 4) is 0 Å². The van der Waals surface area contributed by atoms with Gasteiger partial charge in [-0.05, 0) is 11.5 Å². The maximum absolute atomic E-state index is 10.3. The molecule has 0 saturated heterocycles. The van der Waals surface area contributed by atoms with Crippen LogP contribution in [0.5, 0.6) is 0 Å². The third kappa shape index (κ3) is 0.812. The maximum atomic E-state index is 10.3. The van der Waals surface area contributed by atoms with Crippen LogP contribution < -0.4 is 5.73 Å². The first-order valence-electron chi connectivity index (χ1n) is 2.30. The van der Waals surface area contributed by atoms with E-state index in [0.29, 0.717) is 0 Å². The van der Waals surface area contributed by atoms with Crippen molar-refractivity contribution in [1.82, 2.24) is 9.59 Å². The Labute approximate surface area is 50.9 Å². The Morgan fingerprint density at radius 1 is 2.12 bits per heavy atom. The molecule has 0 fully saturated rings. The highest BCUT2D eigenvalue weighted by atomic mass is 32.1. The predicted molar refractivity (Wildman–Crippen MR) is 28.4 cm³/mol. The number of nitrogens with zero attached hydrogens (tertiary/aromatic N) is 2.